The van der Waals surface area contributed by atoms with Gasteiger partial charge in [0.25, 0.3) is 0 Å². The van der Waals surface area contributed by atoms with Gasteiger partial charge in [0.2, 0.25) is 5.91 Å². The van der Waals surface area contributed by atoms with E-state index in [0.717, 1.165) is 42.3 Å². The van der Waals surface area contributed by atoms with Crippen molar-refractivity contribution in [1.29, 1.82) is 0 Å². The number of carbonyl (C=O) groups is 1. The van der Waals surface area contributed by atoms with Crippen LogP contribution in [-0.2, 0) is 4.79 Å². The zero-order valence-corrected chi connectivity index (χ0v) is 12.7. The van der Waals surface area contributed by atoms with E-state index in [-0.39, 0.29) is 18.0 Å². The lowest BCUT2D eigenvalue weighted by Gasteiger charge is -2.34. The normalized spacial score (nSPS) is 23.4. The first-order valence-corrected chi connectivity index (χ1v) is 7.60. The molecule has 1 fully saturated rings. The van der Waals surface area contributed by atoms with Crippen molar-refractivity contribution < 1.29 is 9.53 Å². The van der Waals surface area contributed by atoms with Crippen molar-refractivity contribution in [3.63, 3.8) is 0 Å². The third-order valence-corrected chi connectivity index (χ3v) is 4.63. The summed E-state index contributed by atoms with van der Waals surface area (Å²) in [5, 5.41) is 8.76. The van der Waals surface area contributed by atoms with Crippen LogP contribution in [0.3, 0.4) is 0 Å². The first-order chi connectivity index (χ1) is 10.7. The van der Waals surface area contributed by atoms with Crippen LogP contribution < -0.4 is 4.74 Å². The van der Waals surface area contributed by atoms with Gasteiger partial charge in [-0.3, -0.25) is 9.36 Å². The van der Waals surface area contributed by atoms with Gasteiger partial charge in [-0.2, -0.15) is 0 Å². The molecule has 1 saturated heterocycles. The lowest BCUT2D eigenvalue weighted by Crippen LogP contribution is -2.42. The van der Waals surface area contributed by atoms with Gasteiger partial charge in [-0.15, -0.1) is 10.2 Å². The second-order valence-corrected chi connectivity index (χ2v) is 5.85. The minimum atomic E-state index is -0.263. The Hall–Kier alpha value is -2.37. The third-order valence-electron chi connectivity index (χ3n) is 4.63. The molecule has 3 heterocycles. The molecule has 1 aromatic carbocycles. The maximum Gasteiger partial charge on any atom is 0.246 e. The molecule has 0 radical (unpaired) electrons. The molecule has 4 rings (SSSR count). The van der Waals surface area contributed by atoms with E-state index in [2.05, 4.69) is 10.2 Å². The molecule has 114 valence electrons. The first-order valence-electron chi connectivity index (χ1n) is 7.60. The highest BCUT2D eigenvalue weighted by molar-refractivity contribution is 5.83. The monoisotopic (exact) mass is 298 g/mol. The summed E-state index contributed by atoms with van der Waals surface area (Å²) in [6, 6.07) is 7.53. The summed E-state index contributed by atoms with van der Waals surface area (Å²) in [6.45, 7) is 2.75. The predicted molar refractivity (Wildman–Crippen MR) is 80.4 cm³/mol. The molecule has 1 amide bonds. The Morgan fingerprint density at radius 1 is 1.32 bits per heavy atom. The molecule has 2 atom stereocenters. The number of hydrogen-bond acceptors (Lipinski definition) is 4. The molecular weight excluding hydrogens is 280 g/mol. The number of amides is 1. The van der Waals surface area contributed by atoms with Gasteiger partial charge in [0, 0.05) is 12.1 Å². The Kier molecular flexibility index (Phi) is 2.92. The highest BCUT2D eigenvalue weighted by Crippen LogP contribution is 2.40. The average Bonchev–Trinajstić information content (AvgIpc) is 3.19. The van der Waals surface area contributed by atoms with Gasteiger partial charge >= 0.3 is 0 Å². The van der Waals surface area contributed by atoms with E-state index >= 15 is 0 Å². The van der Waals surface area contributed by atoms with Gasteiger partial charge in [-0.05, 0) is 31.9 Å². The summed E-state index contributed by atoms with van der Waals surface area (Å²) in [4.78, 5) is 14.5. The molecule has 2 aliphatic rings. The van der Waals surface area contributed by atoms with E-state index in [4.69, 9.17) is 4.74 Å². The van der Waals surface area contributed by atoms with Crippen molar-refractivity contribution in [3.05, 3.63) is 30.1 Å². The second-order valence-electron chi connectivity index (χ2n) is 5.85. The fourth-order valence-corrected chi connectivity index (χ4v) is 3.52. The first kappa shape index (κ1) is 13.3. The van der Waals surface area contributed by atoms with Gasteiger partial charge in [0.05, 0.1) is 13.2 Å². The number of rotatable bonds is 2. The van der Waals surface area contributed by atoms with Crippen LogP contribution in [-0.4, -0.2) is 39.2 Å². The van der Waals surface area contributed by atoms with E-state index in [0.29, 0.717) is 0 Å². The topological polar surface area (TPSA) is 60.3 Å². The highest BCUT2D eigenvalue weighted by atomic mass is 16.5. The molecule has 0 aliphatic carbocycles. The van der Waals surface area contributed by atoms with Crippen LogP contribution in [0.5, 0.6) is 5.75 Å². The molecule has 1 aromatic heterocycles. The lowest BCUT2D eigenvalue weighted by molar-refractivity contribution is -0.137. The van der Waals surface area contributed by atoms with Gasteiger partial charge in [0.1, 0.15) is 11.8 Å². The zero-order chi connectivity index (χ0) is 15.3. The number of carbonyl (C=O) groups excluding carboxylic acids is 1. The van der Waals surface area contributed by atoms with Crippen molar-refractivity contribution in [3.8, 4) is 17.1 Å². The SMILES string of the molecule is COc1cccc(-c2nnc3n2[C@@H](C)C(=O)N2CCC[C@@H]32)c1. The van der Waals surface area contributed by atoms with Crippen LogP contribution in [0.2, 0.25) is 0 Å². The minimum Gasteiger partial charge on any atom is -0.497 e. The van der Waals surface area contributed by atoms with Gasteiger partial charge < -0.3 is 9.64 Å². The smallest absolute Gasteiger partial charge is 0.246 e. The van der Waals surface area contributed by atoms with Crippen LogP contribution in [0.1, 0.15) is 37.7 Å². The molecule has 2 aliphatic heterocycles. The predicted octanol–water partition coefficient (Wildman–Crippen LogP) is 2.19. The largest absolute Gasteiger partial charge is 0.497 e. The Morgan fingerprint density at radius 2 is 2.18 bits per heavy atom. The molecule has 6 nitrogen and oxygen atoms in total. The number of hydrogen-bond donors (Lipinski definition) is 0. The minimum absolute atomic E-state index is 0.0792. The van der Waals surface area contributed by atoms with Gasteiger partial charge in [-0.25, -0.2) is 0 Å². The standard InChI is InChI=1S/C16H18N4O2/c1-10-16(21)19-8-4-7-13(19)15-18-17-14(20(10)15)11-5-3-6-12(9-11)22-2/h3,5-6,9-10,13H,4,7-8H2,1-2H3/t10-,13-/m0/s1. The molecule has 0 N–H and O–H groups in total. The quantitative estimate of drug-likeness (QED) is 0.852. The average molecular weight is 298 g/mol. The van der Waals surface area contributed by atoms with Crippen LogP contribution in [0.15, 0.2) is 24.3 Å². The van der Waals surface area contributed by atoms with Crippen molar-refractivity contribution >= 4 is 5.91 Å². The van der Waals surface area contributed by atoms with E-state index in [1.165, 1.54) is 0 Å². The lowest BCUT2D eigenvalue weighted by atomic mass is 10.1. The summed E-state index contributed by atoms with van der Waals surface area (Å²) in [7, 11) is 1.64. The van der Waals surface area contributed by atoms with Crippen LogP contribution in [0.25, 0.3) is 11.4 Å². The summed E-state index contributed by atoms with van der Waals surface area (Å²) >= 11 is 0. The third kappa shape index (κ3) is 1.76. The summed E-state index contributed by atoms with van der Waals surface area (Å²) in [6.07, 6.45) is 2.00. The van der Waals surface area contributed by atoms with Crippen LogP contribution in [0, 0.1) is 0 Å². The summed E-state index contributed by atoms with van der Waals surface area (Å²) < 4.78 is 7.27. The molecule has 0 saturated carbocycles. The number of aromatic nitrogens is 3. The van der Waals surface area contributed by atoms with Crippen molar-refractivity contribution in [1.82, 2.24) is 19.7 Å². The molecule has 6 heteroatoms. The fourth-order valence-electron chi connectivity index (χ4n) is 3.52. The van der Waals surface area contributed by atoms with E-state index in [9.17, 15) is 4.79 Å². The fraction of sp³-hybridized carbons (Fsp3) is 0.438. The number of benzene rings is 1. The number of methoxy groups -OCH3 is 1. The van der Waals surface area contributed by atoms with Gasteiger partial charge in [-0.1, -0.05) is 12.1 Å². The zero-order valence-electron chi connectivity index (χ0n) is 12.7. The van der Waals surface area contributed by atoms with Crippen LogP contribution in [0.4, 0.5) is 0 Å². The van der Waals surface area contributed by atoms with Crippen molar-refractivity contribution in [2.45, 2.75) is 31.8 Å². The second kappa shape index (κ2) is 4.83. The van der Waals surface area contributed by atoms with Crippen LogP contribution >= 0.6 is 0 Å². The summed E-state index contributed by atoms with van der Waals surface area (Å²) in [5.74, 6) is 2.58. The van der Waals surface area contributed by atoms with E-state index in [1.807, 2.05) is 40.7 Å². The molecular formula is C16H18N4O2. The molecule has 2 aromatic rings. The Morgan fingerprint density at radius 3 is 3.00 bits per heavy atom. The Bertz CT molecular complexity index is 739. The number of nitrogens with zero attached hydrogens (tertiary/aromatic N) is 4. The Labute approximate surface area is 128 Å². The van der Waals surface area contributed by atoms with Crippen molar-refractivity contribution in [2.75, 3.05) is 13.7 Å². The van der Waals surface area contributed by atoms with E-state index < -0.39 is 0 Å². The molecule has 22 heavy (non-hydrogen) atoms. The van der Waals surface area contributed by atoms with Crippen molar-refractivity contribution in [2.24, 2.45) is 0 Å². The Balaban J connectivity index is 1.85. The van der Waals surface area contributed by atoms with E-state index in [1.54, 1.807) is 7.11 Å². The number of ether oxygens (including phenoxy) is 1. The molecule has 0 unspecified atom stereocenters. The maximum atomic E-state index is 12.6. The highest BCUT2D eigenvalue weighted by Gasteiger charge is 2.42. The number of fused-ring (bicyclic) bond motifs is 3. The summed E-state index contributed by atoms with van der Waals surface area (Å²) in [5.41, 5.74) is 0.921. The maximum absolute atomic E-state index is 12.6. The molecule has 0 spiro atoms. The molecule has 0 bridgehead atoms. The van der Waals surface area contributed by atoms with Gasteiger partial charge in [0.15, 0.2) is 11.6 Å².